The van der Waals surface area contributed by atoms with Gasteiger partial charge in [-0.3, -0.25) is 9.69 Å². The molecule has 0 spiro atoms. The molecule has 6 nitrogen and oxygen atoms in total. The lowest BCUT2D eigenvalue weighted by atomic mass is 10.0. The molecule has 0 radical (unpaired) electrons. The Kier molecular flexibility index (Phi) is 11.0. The lowest BCUT2D eigenvalue weighted by Crippen LogP contribution is -2.46. The van der Waals surface area contributed by atoms with Crippen LogP contribution in [0.25, 0.3) is 0 Å². The topological polar surface area (TPSA) is 83.9 Å². The molecule has 182 valence electrons. The first kappa shape index (κ1) is 26.7. The van der Waals surface area contributed by atoms with E-state index in [1.165, 1.54) is 26.2 Å². The standard InChI is InChI=1S/C25H41NO5S/c1-3-4-5-6-7-11-20-32(29,30)25(2,24(27)28)21-22-12-14-23(15-13-22)31-19-18-26-16-9-8-10-17-26/h12-15H,3-11,16-21H2,1-2H3,(H,27,28). The summed E-state index contributed by atoms with van der Waals surface area (Å²) in [6, 6.07) is 7.15. The summed E-state index contributed by atoms with van der Waals surface area (Å²) in [5.74, 6) is -0.650. The van der Waals surface area contributed by atoms with E-state index in [1.807, 2.05) is 0 Å². The SMILES string of the molecule is CCCCCCCCS(=O)(=O)C(C)(Cc1ccc(OCCN2CCCCC2)cc1)C(=O)O. The molecule has 32 heavy (non-hydrogen) atoms. The molecule has 0 saturated carbocycles. The van der Waals surface area contributed by atoms with Crippen LogP contribution in [0.3, 0.4) is 0 Å². The van der Waals surface area contributed by atoms with Crippen molar-refractivity contribution >= 4 is 15.8 Å². The fourth-order valence-corrected chi connectivity index (χ4v) is 5.87. The van der Waals surface area contributed by atoms with Gasteiger partial charge in [-0.1, -0.05) is 57.6 Å². The monoisotopic (exact) mass is 467 g/mol. The first-order valence-electron chi connectivity index (χ1n) is 12.2. The van der Waals surface area contributed by atoms with Gasteiger partial charge in [0.2, 0.25) is 0 Å². The van der Waals surface area contributed by atoms with E-state index in [4.69, 9.17) is 4.74 Å². The molecule has 1 fully saturated rings. The van der Waals surface area contributed by atoms with Crippen LogP contribution in [0.5, 0.6) is 5.75 Å². The van der Waals surface area contributed by atoms with E-state index >= 15 is 0 Å². The Hall–Kier alpha value is -1.60. The minimum absolute atomic E-state index is 0.0471. The molecule has 0 aliphatic carbocycles. The fraction of sp³-hybridized carbons (Fsp3) is 0.720. The van der Waals surface area contributed by atoms with Crippen molar-refractivity contribution in [1.82, 2.24) is 4.90 Å². The Labute approximate surface area is 194 Å². The second-order valence-electron chi connectivity index (χ2n) is 9.19. The predicted molar refractivity (Wildman–Crippen MR) is 129 cm³/mol. The summed E-state index contributed by atoms with van der Waals surface area (Å²) in [6.07, 6.45) is 9.47. The number of rotatable bonds is 15. The van der Waals surface area contributed by atoms with E-state index in [-0.39, 0.29) is 12.2 Å². The number of likely N-dealkylation sites (tertiary alicyclic amines) is 1. The lowest BCUT2D eigenvalue weighted by molar-refractivity contribution is -0.139. The Morgan fingerprint density at radius 1 is 1.03 bits per heavy atom. The van der Waals surface area contributed by atoms with Crippen LogP contribution in [0.2, 0.25) is 0 Å². The van der Waals surface area contributed by atoms with E-state index in [2.05, 4.69) is 11.8 Å². The number of piperidine rings is 1. The van der Waals surface area contributed by atoms with Crippen molar-refractivity contribution in [2.75, 3.05) is 32.0 Å². The van der Waals surface area contributed by atoms with Crippen LogP contribution in [0.1, 0.15) is 77.2 Å². The molecule has 1 aromatic rings. The molecule has 1 saturated heterocycles. The summed E-state index contributed by atoms with van der Waals surface area (Å²) in [4.78, 5) is 14.4. The Balaban J connectivity index is 1.89. The van der Waals surface area contributed by atoms with Crippen molar-refractivity contribution < 1.29 is 23.1 Å². The smallest absolute Gasteiger partial charge is 0.325 e. The average Bonchev–Trinajstić information content (AvgIpc) is 2.78. The number of nitrogens with zero attached hydrogens (tertiary/aromatic N) is 1. The molecule has 1 unspecified atom stereocenters. The quantitative estimate of drug-likeness (QED) is 0.376. The molecular formula is C25H41NO5S. The summed E-state index contributed by atoms with van der Waals surface area (Å²) in [7, 11) is -3.79. The molecule has 1 heterocycles. The van der Waals surface area contributed by atoms with Gasteiger partial charge in [0, 0.05) is 13.0 Å². The number of aliphatic carboxylic acids is 1. The second-order valence-corrected chi connectivity index (χ2v) is 11.7. The minimum atomic E-state index is -3.79. The zero-order chi connectivity index (χ0) is 23.5. The van der Waals surface area contributed by atoms with Crippen molar-refractivity contribution in [3.05, 3.63) is 29.8 Å². The average molecular weight is 468 g/mol. The van der Waals surface area contributed by atoms with E-state index in [9.17, 15) is 18.3 Å². The molecular weight excluding hydrogens is 426 g/mol. The molecule has 7 heteroatoms. The Morgan fingerprint density at radius 2 is 1.66 bits per heavy atom. The highest BCUT2D eigenvalue weighted by molar-refractivity contribution is 7.93. The third-order valence-corrected chi connectivity index (χ3v) is 9.01. The third-order valence-electron chi connectivity index (χ3n) is 6.50. The molecule has 2 rings (SSSR count). The van der Waals surface area contributed by atoms with Crippen LogP contribution in [0, 0.1) is 0 Å². The highest BCUT2D eigenvalue weighted by Gasteiger charge is 2.46. The zero-order valence-electron chi connectivity index (χ0n) is 19.9. The maximum Gasteiger partial charge on any atom is 0.325 e. The minimum Gasteiger partial charge on any atom is -0.492 e. The fourth-order valence-electron chi connectivity index (χ4n) is 4.18. The van der Waals surface area contributed by atoms with Crippen LogP contribution in [-0.2, 0) is 21.1 Å². The molecule has 1 N–H and O–H groups in total. The van der Waals surface area contributed by atoms with Gasteiger partial charge in [0.25, 0.3) is 0 Å². The number of sulfone groups is 1. The van der Waals surface area contributed by atoms with Crippen molar-refractivity contribution in [3.63, 3.8) is 0 Å². The molecule has 0 amide bonds. The number of unbranched alkanes of at least 4 members (excludes halogenated alkanes) is 5. The number of benzene rings is 1. The maximum atomic E-state index is 12.9. The summed E-state index contributed by atoms with van der Waals surface area (Å²) < 4.78 is 29.9. The normalized spacial score (nSPS) is 17.1. The van der Waals surface area contributed by atoms with Gasteiger partial charge >= 0.3 is 5.97 Å². The molecule has 0 aromatic heterocycles. The zero-order valence-corrected chi connectivity index (χ0v) is 20.7. The third kappa shape index (κ3) is 8.07. The molecule has 0 bridgehead atoms. The molecule has 1 aliphatic heterocycles. The second kappa shape index (κ2) is 13.2. The first-order valence-corrected chi connectivity index (χ1v) is 13.8. The Bertz CT molecular complexity index is 787. The molecule has 1 aliphatic rings. The van der Waals surface area contributed by atoms with Crippen molar-refractivity contribution in [1.29, 1.82) is 0 Å². The van der Waals surface area contributed by atoms with Crippen molar-refractivity contribution in [2.24, 2.45) is 0 Å². The highest BCUT2D eigenvalue weighted by atomic mass is 32.2. The van der Waals surface area contributed by atoms with Gasteiger partial charge in [-0.25, -0.2) is 8.42 Å². The summed E-state index contributed by atoms with van der Waals surface area (Å²) >= 11 is 0. The van der Waals surface area contributed by atoms with Gasteiger partial charge in [0.1, 0.15) is 12.4 Å². The number of hydrogen-bond donors (Lipinski definition) is 1. The van der Waals surface area contributed by atoms with Gasteiger partial charge in [0.15, 0.2) is 14.6 Å². The van der Waals surface area contributed by atoms with Gasteiger partial charge in [-0.2, -0.15) is 0 Å². The number of ether oxygens (including phenoxy) is 1. The maximum absolute atomic E-state index is 12.9. The van der Waals surface area contributed by atoms with Gasteiger partial charge in [-0.15, -0.1) is 0 Å². The van der Waals surface area contributed by atoms with E-state index in [1.54, 1.807) is 24.3 Å². The predicted octanol–water partition coefficient (Wildman–Crippen LogP) is 4.71. The van der Waals surface area contributed by atoms with Crippen molar-refractivity contribution in [3.8, 4) is 5.75 Å². The molecule has 1 aromatic carbocycles. The van der Waals surface area contributed by atoms with Gasteiger partial charge in [0.05, 0.1) is 5.75 Å². The van der Waals surface area contributed by atoms with Gasteiger partial charge < -0.3 is 9.84 Å². The van der Waals surface area contributed by atoms with Crippen LogP contribution in [-0.4, -0.2) is 61.1 Å². The lowest BCUT2D eigenvalue weighted by Gasteiger charge is -2.26. The number of carboxylic acids is 1. The highest BCUT2D eigenvalue weighted by Crippen LogP contribution is 2.26. The summed E-state index contributed by atoms with van der Waals surface area (Å²) in [5.41, 5.74) is 0.685. The molecule has 1 atom stereocenters. The summed E-state index contributed by atoms with van der Waals surface area (Å²) in [5, 5.41) is 9.79. The van der Waals surface area contributed by atoms with E-state index < -0.39 is 20.6 Å². The largest absolute Gasteiger partial charge is 0.492 e. The van der Waals surface area contributed by atoms with E-state index in [0.29, 0.717) is 18.6 Å². The first-order chi connectivity index (χ1) is 15.3. The van der Waals surface area contributed by atoms with Gasteiger partial charge in [-0.05, 0) is 57.0 Å². The van der Waals surface area contributed by atoms with Crippen molar-refractivity contribution in [2.45, 2.75) is 82.8 Å². The van der Waals surface area contributed by atoms with Crippen LogP contribution in [0.4, 0.5) is 0 Å². The number of carbonyl (C=O) groups is 1. The van der Waals surface area contributed by atoms with E-state index in [0.717, 1.165) is 57.5 Å². The van der Waals surface area contributed by atoms with Crippen LogP contribution >= 0.6 is 0 Å². The number of hydrogen-bond acceptors (Lipinski definition) is 5. The van der Waals surface area contributed by atoms with Crippen LogP contribution in [0.15, 0.2) is 24.3 Å². The number of carboxylic acid groups (broad SMARTS) is 1. The Morgan fingerprint density at radius 3 is 2.28 bits per heavy atom. The van der Waals surface area contributed by atoms with Crippen LogP contribution < -0.4 is 4.74 Å². The summed E-state index contributed by atoms with van der Waals surface area (Å²) in [6.45, 7) is 7.24.